The number of rotatable bonds is 5. The molecule has 0 spiro atoms. The molecule has 0 aliphatic rings. The highest BCUT2D eigenvalue weighted by atomic mass is 19.1. The second-order valence-electron chi connectivity index (χ2n) is 4.61. The van der Waals surface area contributed by atoms with Gasteiger partial charge in [-0.1, -0.05) is 5.16 Å². The number of carbonyl (C=O) groups is 2. The number of nitrogens with one attached hydrogen (secondary N) is 3. The van der Waals surface area contributed by atoms with Crippen molar-refractivity contribution in [3.05, 3.63) is 35.8 Å². The van der Waals surface area contributed by atoms with E-state index in [9.17, 15) is 14.0 Å². The minimum Gasteiger partial charge on any atom is -0.374 e. The number of benzene rings is 1. The van der Waals surface area contributed by atoms with Crippen molar-refractivity contribution in [1.29, 1.82) is 0 Å². The first-order valence-electron chi connectivity index (χ1n) is 6.48. The normalized spacial score (nSPS) is 10.1. The average Bonchev–Trinajstić information content (AvgIpc) is 2.84. The first-order chi connectivity index (χ1) is 10.4. The van der Waals surface area contributed by atoms with E-state index in [1.165, 1.54) is 25.1 Å². The van der Waals surface area contributed by atoms with Gasteiger partial charge >= 0.3 is 0 Å². The monoisotopic (exact) mass is 306 g/mol. The van der Waals surface area contributed by atoms with Crippen LogP contribution in [0.5, 0.6) is 0 Å². The Hall–Kier alpha value is -2.90. The van der Waals surface area contributed by atoms with Gasteiger partial charge in [-0.05, 0) is 25.1 Å². The SMILES string of the molecule is CC(=O)Nc1ccc(F)c(NCC(=O)Nc2cc(C)no2)c1. The molecule has 3 N–H and O–H groups in total. The van der Waals surface area contributed by atoms with Gasteiger partial charge in [0.1, 0.15) is 5.82 Å². The number of amides is 2. The molecule has 116 valence electrons. The van der Waals surface area contributed by atoms with Crippen molar-refractivity contribution in [2.45, 2.75) is 13.8 Å². The van der Waals surface area contributed by atoms with Gasteiger partial charge in [-0.3, -0.25) is 14.9 Å². The topological polar surface area (TPSA) is 96.3 Å². The van der Waals surface area contributed by atoms with Crippen molar-refractivity contribution >= 4 is 29.1 Å². The zero-order valence-corrected chi connectivity index (χ0v) is 12.1. The fourth-order valence-corrected chi connectivity index (χ4v) is 1.72. The minimum atomic E-state index is -0.530. The molecule has 1 aromatic heterocycles. The van der Waals surface area contributed by atoms with E-state index in [0.717, 1.165) is 0 Å². The molecule has 2 rings (SSSR count). The van der Waals surface area contributed by atoms with Crippen LogP contribution in [0.2, 0.25) is 0 Å². The Morgan fingerprint density at radius 1 is 1.27 bits per heavy atom. The lowest BCUT2D eigenvalue weighted by Gasteiger charge is -2.09. The number of carbonyl (C=O) groups excluding carboxylic acids is 2. The van der Waals surface area contributed by atoms with Gasteiger partial charge in [-0.15, -0.1) is 0 Å². The molecule has 0 saturated carbocycles. The predicted octanol–water partition coefficient (Wildman–Crippen LogP) is 2.13. The summed E-state index contributed by atoms with van der Waals surface area (Å²) in [6.07, 6.45) is 0. The van der Waals surface area contributed by atoms with E-state index in [4.69, 9.17) is 4.52 Å². The Balaban J connectivity index is 1.95. The van der Waals surface area contributed by atoms with E-state index in [1.807, 2.05) is 0 Å². The van der Waals surface area contributed by atoms with Crippen molar-refractivity contribution < 1.29 is 18.5 Å². The standard InChI is InChI=1S/C14H15FN4O3/c1-8-5-14(22-19-8)18-13(21)7-16-12-6-10(17-9(2)20)3-4-11(12)15/h3-6,16H,7H2,1-2H3,(H,17,20)(H,18,21). The van der Waals surface area contributed by atoms with Crippen molar-refractivity contribution in [2.75, 3.05) is 22.5 Å². The Labute approximate surface area is 125 Å². The number of aryl methyl sites for hydroxylation is 1. The molecule has 8 heteroatoms. The first kappa shape index (κ1) is 15.5. The van der Waals surface area contributed by atoms with Crippen LogP contribution in [0.25, 0.3) is 0 Å². The van der Waals surface area contributed by atoms with E-state index < -0.39 is 11.7 Å². The zero-order chi connectivity index (χ0) is 16.1. The molecule has 0 saturated heterocycles. The van der Waals surface area contributed by atoms with Crippen LogP contribution < -0.4 is 16.0 Å². The summed E-state index contributed by atoms with van der Waals surface area (Å²) in [7, 11) is 0. The van der Waals surface area contributed by atoms with Gasteiger partial charge in [-0.25, -0.2) is 4.39 Å². The fraction of sp³-hybridized carbons (Fsp3) is 0.214. The highest BCUT2D eigenvalue weighted by molar-refractivity contribution is 5.93. The van der Waals surface area contributed by atoms with Gasteiger partial charge in [-0.2, -0.15) is 0 Å². The van der Waals surface area contributed by atoms with Crippen molar-refractivity contribution in [2.24, 2.45) is 0 Å². The van der Waals surface area contributed by atoms with Gasteiger partial charge in [0.2, 0.25) is 17.7 Å². The van der Waals surface area contributed by atoms with Crippen LogP contribution >= 0.6 is 0 Å². The molecule has 0 radical (unpaired) electrons. The van der Waals surface area contributed by atoms with Crippen LogP contribution in [-0.2, 0) is 9.59 Å². The number of hydrogen-bond acceptors (Lipinski definition) is 5. The summed E-state index contributed by atoms with van der Waals surface area (Å²) in [5, 5.41) is 11.3. The van der Waals surface area contributed by atoms with E-state index in [0.29, 0.717) is 11.4 Å². The Bertz CT molecular complexity index is 699. The number of aromatic nitrogens is 1. The second kappa shape index (κ2) is 6.70. The quantitative estimate of drug-likeness (QED) is 0.786. The number of nitrogens with zero attached hydrogens (tertiary/aromatic N) is 1. The summed E-state index contributed by atoms with van der Waals surface area (Å²) in [5.74, 6) is -0.995. The first-order valence-corrected chi connectivity index (χ1v) is 6.48. The fourth-order valence-electron chi connectivity index (χ4n) is 1.72. The third-order valence-corrected chi connectivity index (χ3v) is 2.62. The van der Waals surface area contributed by atoms with Gasteiger partial charge < -0.3 is 15.2 Å². The molecule has 2 aromatic rings. The number of halogens is 1. The average molecular weight is 306 g/mol. The molecule has 7 nitrogen and oxygen atoms in total. The minimum absolute atomic E-state index is 0.107. The summed E-state index contributed by atoms with van der Waals surface area (Å²) in [6, 6.07) is 5.60. The molecule has 2 amide bonds. The zero-order valence-electron chi connectivity index (χ0n) is 12.1. The Kier molecular flexibility index (Phi) is 4.72. The number of anilines is 3. The molecule has 1 aromatic carbocycles. The molecule has 0 atom stereocenters. The summed E-state index contributed by atoms with van der Waals surface area (Å²) < 4.78 is 18.5. The van der Waals surface area contributed by atoms with Crippen molar-refractivity contribution in [1.82, 2.24) is 5.16 Å². The molecular weight excluding hydrogens is 291 g/mol. The largest absolute Gasteiger partial charge is 0.374 e. The molecule has 0 bridgehead atoms. The van der Waals surface area contributed by atoms with Crippen LogP contribution in [0.1, 0.15) is 12.6 Å². The molecule has 0 aliphatic heterocycles. The van der Waals surface area contributed by atoms with Gasteiger partial charge in [0.05, 0.1) is 17.9 Å². The van der Waals surface area contributed by atoms with Crippen molar-refractivity contribution in [3.63, 3.8) is 0 Å². The third kappa shape index (κ3) is 4.30. The molecule has 0 aliphatic carbocycles. The van der Waals surface area contributed by atoms with E-state index in [1.54, 1.807) is 13.0 Å². The highest BCUT2D eigenvalue weighted by Gasteiger charge is 2.09. The summed E-state index contributed by atoms with van der Waals surface area (Å²) >= 11 is 0. The van der Waals surface area contributed by atoms with E-state index >= 15 is 0 Å². The lowest BCUT2D eigenvalue weighted by Crippen LogP contribution is -2.22. The van der Waals surface area contributed by atoms with Crippen LogP contribution in [0.15, 0.2) is 28.8 Å². The second-order valence-corrected chi connectivity index (χ2v) is 4.61. The third-order valence-electron chi connectivity index (χ3n) is 2.62. The predicted molar refractivity (Wildman–Crippen MR) is 79.1 cm³/mol. The molecule has 1 heterocycles. The maximum atomic E-state index is 13.7. The number of hydrogen-bond donors (Lipinski definition) is 3. The molecule has 22 heavy (non-hydrogen) atoms. The maximum absolute atomic E-state index is 13.7. The summed E-state index contributed by atoms with van der Waals surface area (Å²) in [6.45, 7) is 2.91. The van der Waals surface area contributed by atoms with Crippen LogP contribution in [0.4, 0.5) is 21.6 Å². The van der Waals surface area contributed by atoms with Crippen LogP contribution in [0.3, 0.4) is 0 Å². The Morgan fingerprint density at radius 2 is 2.05 bits per heavy atom. The van der Waals surface area contributed by atoms with E-state index in [-0.39, 0.29) is 24.0 Å². The molecular formula is C14H15FN4O3. The maximum Gasteiger partial charge on any atom is 0.246 e. The van der Waals surface area contributed by atoms with Crippen molar-refractivity contribution in [3.8, 4) is 0 Å². The van der Waals surface area contributed by atoms with E-state index in [2.05, 4.69) is 21.1 Å². The van der Waals surface area contributed by atoms with Crippen LogP contribution in [0, 0.1) is 12.7 Å². The Morgan fingerprint density at radius 3 is 2.68 bits per heavy atom. The van der Waals surface area contributed by atoms with Crippen LogP contribution in [-0.4, -0.2) is 23.5 Å². The summed E-state index contributed by atoms with van der Waals surface area (Å²) in [4.78, 5) is 22.7. The van der Waals surface area contributed by atoms with Gasteiger partial charge in [0, 0.05) is 18.7 Å². The molecule has 0 unspecified atom stereocenters. The van der Waals surface area contributed by atoms with Gasteiger partial charge in [0.25, 0.3) is 0 Å². The smallest absolute Gasteiger partial charge is 0.246 e. The summed E-state index contributed by atoms with van der Waals surface area (Å²) in [5.41, 5.74) is 1.18. The highest BCUT2D eigenvalue weighted by Crippen LogP contribution is 2.19. The lowest BCUT2D eigenvalue weighted by atomic mass is 10.2. The van der Waals surface area contributed by atoms with Gasteiger partial charge in [0.15, 0.2) is 0 Å². The molecule has 0 fully saturated rings. The lowest BCUT2D eigenvalue weighted by molar-refractivity contribution is -0.115.